The fourth-order valence-electron chi connectivity index (χ4n) is 2.49. The van der Waals surface area contributed by atoms with Crippen molar-refractivity contribution in [1.82, 2.24) is 10.2 Å². The lowest BCUT2D eigenvalue weighted by atomic mass is 10.1. The quantitative estimate of drug-likeness (QED) is 0.624. The molecule has 2 aromatic carbocycles. The molecule has 0 radical (unpaired) electrons. The number of anilines is 1. The standard InChI is InChI=1S/C19H15ClFN3O3/c1-11-5-7-12(8-6-11)22-17(25)10-24-18(26)16(23-19(24)27)9-13-14(20)3-2-4-15(13)21/h2-9H,10H2,1H3,(H,22,25)(H,23,27)/b16-9-. The molecule has 0 saturated carbocycles. The van der Waals surface area contributed by atoms with E-state index in [1.807, 2.05) is 19.1 Å². The first-order chi connectivity index (χ1) is 12.8. The summed E-state index contributed by atoms with van der Waals surface area (Å²) in [7, 11) is 0. The van der Waals surface area contributed by atoms with Crippen molar-refractivity contribution in [3.63, 3.8) is 0 Å². The van der Waals surface area contributed by atoms with Gasteiger partial charge in [0.25, 0.3) is 5.91 Å². The molecule has 0 atom stereocenters. The van der Waals surface area contributed by atoms with E-state index in [-0.39, 0.29) is 16.3 Å². The van der Waals surface area contributed by atoms with Crippen LogP contribution < -0.4 is 10.6 Å². The lowest BCUT2D eigenvalue weighted by Crippen LogP contribution is -2.38. The van der Waals surface area contributed by atoms with Crippen molar-refractivity contribution in [2.45, 2.75) is 6.92 Å². The second-order valence-electron chi connectivity index (χ2n) is 5.93. The number of nitrogens with one attached hydrogen (secondary N) is 2. The van der Waals surface area contributed by atoms with Crippen molar-refractivity contribution < 1.29 is 18.8 Å². The molecule has 138 valence electrons. The van der Waals surface area contributed by atoms with E-state index in [2.05, 4.69) is 10.6 Å². The van der Waals surface area contributed by atoms with Gasteiger partial charge in [-0.05, 0) is 37.3 Å². The number of halogens is 2. The largest absolute Gasteiger partial charge is 0.329 e. The van der Waals surface area contributed by atoms with Crippen LogP contribution in [0.25, 0.3) is 6.08 Å². The van der Waals surface area contributed by atoms with Crippen LogP contribution in [0.3, 0.4) is 0 Å². The summed E-state index contributed by atoms with van der Waals surface area (Å²) < 4.78 is 13.9. The van der Waals surface area contributed by atoms with Gasteiger partial charge in [-0.25, -0.2) is 14.1 Å². The number of urea groups is 1. The zero-order valence-corrected chi connectivity index (χ0v) is 15.0. The molecule has 1 fully saturated rings. The van der Waals surface area contributed by atoms with Crippen LogP contribution in [0.4, 0.5) is 14.9 Å². The first kappa shape index (κ1) is 18.6. The van der Waals surface area contributed by atoms with E-state index in [4.69, 9.17) is 11.6 Å². The van der Waals surface area contributed by atoms with Gasteiger partial charge in [0, 0.05) is 11.3 Å². The van der Waals surface area contributed by atoms with Gasteiger partial charge in [-0.15, -0.1) is 0 Å². The molecule has 27 heavy (non-hydrogen) atoms. The Morgan fingerprint density at radius 2 is 1.93 bits per heavy atom. The summed E-state index contributed by atoms with van der Waals surface area (Å²) in [5.74, 6) is -1.90. The third-order valence-electron chi connectivity index (χ3n) is 3.89. The highest BCUT2D eigenvalue weighted by atomic mass is 35.5. The van der Waals surface area contributed by atoms with E-state index < -0.39 is 30.2 Å². The van der Waals surface area contributed by atoms with E-state index in [1.54, 1.807) is 12.1 Å². The van der Waals surface area contributed by atoms with E-state index in [1.165, 1.54) is 18.2 Å². The molecule has 1 saturated heterocycles. The Labute approximate surface area is 159 Å². The Kier molecular flexibility index (Phi) is 5.23. The number of imide groups is 1. The molecule has 0 aliphatic carbocycles. The molecule has 4 amide bonds. The smallest absolute Gasteiger partial charge is 0.325 e. The van der Waals surface area contributed by atoms with Crippen molar-refractivity contribution in [3.05, 3.63) is 70.1 Å². The summed E-state index contributed by atoms with van der Waals surface area (Å²) in [5.41, 5.74) is 1.40. The number of benzene rings is 2. The van der Waals surface area contributed by atoms with Gasteiger partial charge >= 0.3 is 6.03 Å². The van der Waals surface area contributed by atoms with Crippen LogP contribution in [0.5, 0.6) is 0 Å². The van der Waals surface area contributed by atoms with Crippen LogP contribution in [0, 0.1) is 12.7 Å². The minimum atomic E-state index is -0.766. The van der Waals surface area contributed by atoms with Crippen molar-refractivity contribution in [1.29, 1.82) is 0 Å². The minimum absolute atomic E-state index is 0.0197. The van der Waals surface area contributed by atoms with Crippen molar-refractivity contribution >= 4 is 41.2 Å². The SMILES string of the molecule is Cc1ccc(NC(=O)CN2C(=O)N/C(=C\c3c(F)cccc3Cl)C2=O)cc1. The fourth-order valence-corrected chi connectivity index (χ4v) is 2.71. The van der Waals surface area contributed by atoms with Gasteiger partial charge in [-0.3, -0.25) is 9.59 Å². The monoisotopic (exact) mass is 387 g/mol. The van der Waals surface area contributed by atoms with Crippen LogP contribution in [0.1, 0.15) is 11.1 Å². The minimum Gasteiger partial charge on any atom is -0.325 e. The van der Waals surface area contributed by atoms with Crippen LogP contribution in [-0.2, 0) is 9.59 Å². The molecule has 2 N–H and O–H groups in total. The first-order valence-electron chi connectivity index (χ1n) is 8.00. The number of carbonyl (C=O) groups excluding carboxylic acids is 3. The highest BCUT2D eigenvalue weighted by Gasteiger charge is 2.35. The van der Waals surface area contributed by atoms with Crippen LogP contribution in [-0.4, -0.2) is 29.3 Å². The van der Waals surface area contributed by atoms with Crippen molar-refractivity contribution in [3.8, 4) is 0 Å². The maximum atomic E-state index is 13.9. The molecule has 0 unspecified atom stereocenters. The Bertz CT molecular complexity index is 937. The first-order valence-corrected chi connectivity index (χ1v) is 8.38. The predicted molar refractivity (Wildman–Crippen MR) is 99.4 cm³/mol. The summed E-state index contributed by atoms with van der Waals surface area (Å²) in [6.07, 6.45) is 1.15. The number of rotatable bonds is 4. The van der Waals surface area contributed by atoms with Crippen LogP contribution in [0.2, 0.25) is 5.02 Å². The average Bonchev–Trinajstić information content (AvgIpc) is 2.88. The number of amides is 4. The van der Waals surface area contributed by atoms with Crippen molar-refractivity contribution in [2.24, 2.45) is 0 Å². The summed E-state index contributed by atoms with van der Waals surface area (Å²) in [6.45, 7) is 1.44. The molecule has 0 bridgehead atoms. The van der Waals surface area contributed by atoms with Gasteiger partial charge in [-0.2, -0.15) is 0 Å². The van der Waals surface area contributed by atoms with Gasteiger partial charge in [0.05, 0.1) is 5.02 Å². The Hall–Kier alpha value is -3.19. The maximum absolute atomic E-state index is 13.9. The summed E-state index contributed by atoms with van der Waals surface area (Å²) in [5, 5.41) is 5.03. The third kappa shape index (κ3) is 4.15. The van der Waals surface area contributed by atoms with E-state index in [0.717, 1.165) is 16.5 Å². The number of hydrogen-bond donors (Lipinski definition) is 2. The normalized spacial score (nSPS) is 15.2. The van der Waals surface area contributed by atoms with Crippen molar-refractivity contribution in [2.75, 3.05) is 11.9 Å². The maximum Gasteiger partial charge on any atom is 0.329 e. The number of hydrogen-bond acceptors (Lipinski definition) is 3. The fraction of sp³-hybridized carbons (Fsp3) is 0.105. The van der Waals surface area contributed by atoms with Gasteiger partial charge in [0.15, 0.2) is 0 Å². The zero-order valence-electron chi connectivity index (χ0n) is 14.3. The van der Waals surface area contributed by atoms with E-state index >= 15 is 0 Å². The Morgan fingerprint density at radius 1 is 1.22 bits per heavy atom. The Balaban J connectivity index is 1.73. The molecule has 3 rings (SSSR count). The molecule has 8 heteroatoms. The van der Waals surface area contributed by atoms with Crippen LogP contribution >= 0.6 is 11.6 Å². The predicted octanol–water partition coefficient (Wildman–Crippen LogP) is 3.32. The molecular weight excluding hydrogens is 373 g/mol. The Morgan fingerprint density at radius 3 is 2.59 bits per heavy atom. The van der Waals surface area contributed by atoms with Gasteiger partial charge in [0.1, 0.15) is 18.1 Å². The topological polar surface area (TPSA) is 78.5 Å². The van der Waals surface area contributed by atoms with Gasteiger partial charge in [0.2, 0.25) is 5.91 Å². The van der Waals surface area contributed by atoms with Gasteiger partial charge < -0.3 is 10.6 Å². The highest BCUT2D eigenvalue weighted by Crippen LogP contribution is 2.23. The molecule has 6 nitrogen and oxygen atoms in total. The third-order valence-corrected chi connectivity index (χ3v) is 4.22. The number of nitrogens with zero attached hydrogens (tertiary/aromatic N) is 1. The lowest BCUT2D eigenvalue weighted by molar-refractivity contribution is -0.127. The summed E-state index contributed by atoms with van der Waals surface area (Å²) >= 11 is 5.93. The number of aryl methyl sites for hydroxylation is 1. The van der Waals surface area contributed by atoms with E-state index in [9.17, 15) is 18.8 Å². The average molecular weight is 388 g/mol. The molecule has 1 aliphatic rings. The molecule has 1 heterocycles. The highest BCUT2D eigenvalue weighted by molar-refractivity contribution is 6.32. The summed E-state index contributed by atoms with van der Waals surface area (Å²) in [4.78, 5) is 37.3. The zero-order chi connectivity index (χ0) is 19.6. The molecule has 1 aliphatic heterocycles. The molecule has 0 aromatic heterocycles. The van der Waals surface area contributed by atoms with E-state index in [0.29, 0.717) is 5.69 Å². The lowest BCUT2D eigenvalue weighted by Gasteiger charge is -2.12. The molecule has 0 spiro atoms. The molecule has 2 aromatic rings. The molecular formula is C19H15ClFN3O3. The number of carbonyl (C=O) groups is 3. The van der Waals surface area contributed by atoms with Crippen LogP contribution in [0.15, 0.2) is 48.2 Å². The van der Waals surface area contributed by atoms with Gasteiger partial charge in [-0.1, -0.05) is 35.4 Å². The second-order valence-corrected chi connectivity index (χ2v) is 6.34. The summed E-state index contributed by atoms with van der Waals surface area (Å²) in [6, 6.07) is 10.4. The second kappa shape index (κ2) is 7.59.